The summed E-state index contributed by atoms with van der Waals surface area (Å²) in [5.41, 5.74) is 10.2. The van der Waals surface area contributed by atoms with Gasteiger partial charge in [-0.05, 0) is 59.0 Å². The molecular weight excluding hydrogens is 451 g/mol. The fraction of sp³-hybridized carbons (Fsp3) is 0.154. The van der Waals surface area contributed by atoms with Crippen molar-refractivity contribution < 1.29 is 12.8 Å². The molecular formula is C26H27FN4O2S. The second-order valence-corrected chi connectivity index (χ2v) is 9.79. The summed E-state index contributed by atoms with van der Waals surface area (Å²) in [6.45, 7) is 2.92. The number of aromatic nitrogens is 1. The topological polar surface area (TPSA) is 88.7 Å². The van der Waals surface area contributed by atoms with Crippen molar-refractivity contribution in [2.75, 3.05) is 12.9 Å². The number of hydrogen-bond acceptors (Lipinski definition) is 6. The second kappa shape index (κ2) is 11.4. The molecule has 1 heterocycles. The molecule has 0 bridgehead atoms. The Morgan fingerprint density at radius 2 is 1.68 bits per heavy atom. The van der Waals surface area contributed by atoms with Crippen LogP contribution in [0.1, 0.15) is 11.1 Å². The lowest BCUT2D eigenvalue weighted by atomic mass is 10.0. The Hall–Kier alpha value is -3.78. The molecule has 0 radical (unpaired) electrons. The monoisotopic (exact) mass is 478 g/mol. The summed E-state index contributed by atoms with van der Waals surface area (Å²) in [5.74, 6) is 0. The Morgan fingerprint density at radius 1 is 1.09 bits per heavy atom. The summed E-state index contributed by atoms with van der Waals surface area (Å²) in [4.78, 5) is 4.24. The third-order valence-corrected chi connectivity index (χ3v) is 6.34. The van der Waals surface area contributed by atoms with Crippen molar-refractivity contribution in [2.45, 2.75) is 17.4 Å². The van der Waals surface area contributed by atoms with Gasteiger partial charge < -0.3 is 5.73 Å². The summed E-state index contributed by atoms with van der Waals surface area (Å²) in [7, 11) is -3.24. The molecule has 8 heteroatoms. The van der Waals surface area contributed by atoms with Crippen molar-refractivity contribution in [3.63, 3.8) is 0 Å². The summed E-state index contributed by atoms with van der Waals surface area (Å²) in [5, 5.41) is 5.37. The number of benzene rings is 2. The van der Waals surface area contributed by atoms with Crippen molar-refractivity contribution in [2.24, 2.45) is 10.8 Å². The van der Waals surface area contributed by atoms with E-state index in [1.807, 2.05) is 42.5 Å². The van der Waals surface area contributed by atoms with E-state index in [0.29, 0.717) is 12.1 Å². The van der Waals surface area contributed by atoms with E-state index in [0.717, 1.165) is 22.3 Å². The normalized spacial score (nSPS) is 13.1. The molecule has 34 heavy (non-hydrogen) atoms. The molecule has 2 aromatic carbocycles. The van der Waals surface area contributed by atoms with Crippen LogP contribution in [0.2, 0.25) is 0 Å². The van der Waals surface area contributed by atoms with Crippen molar-refractivity contribution >= 4 is 22.6 Å². The van der Waals surface area contributed by atoms with E-state index in [1.54, 1.807) is 48.9 Å². The highest BCUT2D eigenvalue weighted by molar-refractivity contribution is 7.90. The predicted octanol–water partition coefficient (Wildman–Crippen LogP) is 4.46. The van der Waals surface area contributed by atoms with Crippen LogP contribution in [0.5, 0.6) is 0 Å². The SMILES string of the molecule is C=NN(/C=C(N)/C=C/c1ccncc1)[C@H](CF)Cc1ccc(-c2ccc(S(C)(=O)=O)cc2)cc1. The van der Waals surface area contributed by atoms with Gasteiger partial charge in [0, 0.05) is 37.3 Å². The number of hydrogen-bond donors (Lipinski definition) is 1. The van der Waals surface area contributed by atoms with Gasteiger partial charge in [0.05, 0.1) is 10.9 Å². The Labute approximate surface area is 199 Å². The first kappa shape index (κ1) is 24.9. The standard InChI is InChI=1S/C26H27FN4O2S/c1-29-31(19-24(28)10-5-20-13-15-30-16-14-20)25(18-27)17-21-3-6-22(7-4-21)23-8-11-26(12-9-23)34(2,32)33/h3-16,19,25H,1,17-18,28H2,2H3/b10-5+,24-19-/t25-/m0/s1. The predicted molar refractivity (Wildman–Crippen MR) is 135 cm³/mol. The van der Waals surface area contributed by atoms with Crippen LogP contribution in [0.15, 0.2) is 101 Å². The van der Waals surface area contributed by atoms with Crippen molar-refractivity contribution in [3.05, 3.63) is 102 Å². The minimum absolute atomic E-state index is 0.277. The first-order valence-corrected chi connectivity index (χ1v) is 12.4. The Morgan fingerprint density at radius 3 is 2.21 bits per heavy atom. The first-order valence-electron chi connectivity index (χ1n) is 10.6. The molecule has 0 aliphatic carbocycles. The van der Waals surface area contributed by atoms with E-state index in [9.17, 15) is 12.8 Å². The lowest BCUT2D eigenvalue weighted by Crippen LogP contribution is -2.31. The van der Waals surface area contributed by atoms with E-state index in [4.69, 9.17) is 5.73 Å². The maximum atomic E-state index is 13.9. The smallest absolute Gasteiger partial charge is 0.175 e. The zero-order valence-corrected chi connectivity index (χ0v) is 19.7. The van der Waals surface area contributed by atoms with Crippen LogP contribution in [-0.4, -0.2) is 44.1 Å². The minimum atomic E-state index is -3.24. The fourth-order valence-electron chi connectivity index (χ4n) is 3.34. The number of nitrogens with two attached hydrogens (primary N) is 1. The average molecular weight is 479 g/mol. The Bertz CT molecular complexity index is 1260. The largest absolute Gasteiger partial charge is 0.397 e. The molecule has 1 aromatic heterocycles. The lowest BCUT2D eigenvalue weighted by Gasteiger charge is -2.24. The molecule has 176 valence electrons. The molecule has 3 aromatic rings. The maximum absolute atomic E-state index is 13.9. The van der Waals surface area contributed by atoms with E-state index in [1.165, 1.54) is 11.3 Å². The highest BCUT2D eigenvalue weighted by Crippen LogP contribution is 2.23. The maximum Gasteiger partial charge on any atom is 0.175 e. The lowest BCUT2D eigenvalue weighted by molar-refractivity contribution is 0.234. The summed E-state index contributed by atoms with van der Waals surface area (Å²) in [6, 6.07) is 17.5. The highest BCUT2D eigenvalue weighted by atomic mass is 32.2. The number of sulfone groups is 1. The van der Waals surface area contributed by atoms with Crippen molar-refractivity contribution in [3.8, 4) is 11.1 Å². The molecule has 0 unspecified atom stereocenters. The molecule has 0 spiro atoms. The number of hydrazone groups is 1. The van der Waals surface area contributed by atoms with Gasteiger partial charge in [-0.15, -0.1) is 0 Å². The van der Waals surface area contributed by atoms with Gasteiger partial charge in [-0.3, -0.25) is 9.99 Å². The van der Waals surface area contributed by atoms with Gasteiger partial charge in [0.25, 0.3) is 0 Å². The van der Waals surface area contributed by atoms with Crippen LogP contribution in [-0.2, 0) is 16.3 Å². The van der Waals surface area contributed by atoms with Crippen LogP contribution >= 0.6 is 0 Å². The van der Waals surface area contributed by atoms with Crippen LogP contribution in [0, 0.1) is 0 Å². The zero-order valence-electron chi connectivity index (χ0n) is 18.9. The number of alkyl halides is 1. The molecule has 0 saturated heterocycles. The number of rotatable bonds is 10. The molecule has 0 amide bonds. The molecule has 0 aliphatic rings. The number of halogens is 1. The molecule has 3 rings (SSSR count). The van der Waals surface area contributed by atoms with Gasteiger partial charge >= 0.3 is 0 Å². The van der Waals surface area contributed by atoms with Crippen molar-refractivity contribution in [1.82, 2.24) is 9.99 Å². The Balaban J connectivity index is 1.69. The third-order valence-electron chi connectivity index (χ3n) is 5.21. The van der Waals surface area contributed by atoms with Gasteiger partial charge in [-0.2, -0.15) is 5.10 Å². The van der Waals surface area contributed by atoms with Crippen LogP contribution in [0.25, 0.3) is 17.2 Å². The summed E-state index contributed by atoms with van der Waals surface area (Å²) < 4.78 is 37.2. The van der Waals surface area contributed by atoms with E-state index >= 15 is 0 Å². The molecule has 1 atom stereocenters. The number of pyridine rings is 1. The fourth-order valence-corrected chi connectivity index (χ4v) is 3.97. The van der Waals surface area contributed by atoms with Gasteiger partial charge in [-0.25, -0.2) is 12.8 Å². The number of nitrogens with zero attached hydrogens (tertiary/aromatic N) is 3. The average Bonchev–Trinajstić information content (AvgIpc) is 2.85. The molecule has 0 saturated carbocycles. The van der Waals surface area contributed by atoms with Gasteiger partial charge in [0.1, 0.15) is 6.67 Å². The van der Waals surface area contributed by atoms with Crippen LogP contribution in [0.3, 0.4) is 0 Å². The third kappa shape index (κ3) is 6.86. The van der Waals surface area contributed by atoms with Gasteiger partial charge in [-0.1, -0.05) is 42.5 Å². The van der Waals surface area contributed by atoms with Crippen molar-refractivity contribution in [1.29, 1.82) is 0 Å². The van der Waals surface area contributed by atoms with Crippen LogP contribution in [0.4, 0.5) is 4.39 Å². The second-order valence-electron chi connectivity index (χ2n) is 7.77. The van der Waals surface area contributed by atoms with Gasteiger partial charge in [0.15, 0.2) is 9.84 Å². The van der Waals surface area contributed by atoms with Crippen LogP contribution < -0.4 is 5.73 Å². The van der Waals surface area contributed by atoms with Gasteiger partial charge in [0.2, 0.25) is 0 Å². The molecule has 0 aliphatic heterocycles. The van der Waals surface area contributed by atoms with E-state index in [-0.39, 0.29) is 4.90 Å². The molecule has 6 nitrogen and oxygen atoms in total. The molecule has 0 fully saturated rings. The zero-order chi connectivity index (χ0) is 24.6. The summed E-state index contributed by atoms with van der Waals surface area (Å²) in [6.07, 6.45) is 10.1. The minimum Gasteiger partial charge on any atom is -0.397 e. The quantitative estimate of drug-likeness (QED) is 0.264. The van der Waals surface area contributed by atoms with E-state index in [2.05, 4.69) is 16.8 Å². The first-order chi connectivity index (χ1) is 16.3. The number of allylic oxidation sites excluding steroid dienone is 1. The highest BCUT2D eigenvalue weighted by Gasteiger charge is 2.16. The van der Waals surface area contributed by atoms with E-state index < -0.39 is 22.6 Å². The summed E-state index contributed by atoms with van der Waals surface area (Å²) >= 11 is 0. The molecule has 2 N–H and O–H groups in total. The Kier molecular flexibility index (Phi) is 8.32.